The smallest absolute Gasteiger partial charge is 0.333 e. The lowest BCUT2D eigenvalue weighted by atomic mass is 10.1. The van der Waals surface area contributed by atoms with E-state index in [2.05, 4.69) is 15.7 Å². The Morgan fingerprint density at radius 3 is 2.32 bits per heavy atom. The number of amides is 1. The largest absolute Gasteiger partial charge is 0.385 e. The van der Waals surface area contributed by atoms with Gasteiger partial charge >= 0.3 is 5.97 Å². The maximum absolute atomic E-state index is 12.1. The number of nitrogens with one attached hydrogen (secondary N) is 1. The number of rotatable bonds is 4. The zero-order chi connectivity index (χ0) is 17.6. The lowest BCUT2D eigenvalue weighted by Crippen LogP contribution is -2.29. The van der Waals surface area contributed by atoms with Crippen molar-refractivity contribution in [2.24, 2.45) is 0 Å². The molecule has 0 radical (unpaired) electrons. The number of carbonyl (C=O) groups excluding carboxylic acids is 2. The molecule has 3 rings (SSSR count). The minimum absolute atomic E-state index is 0.0452. The number of aryl methyl sites for hydroxylation is 1. The highest BCUT2D eigenvalue weighted by Crippen LogP contribution is 2.09. The van der Waals surface area contributed by atoms with Crippen molar-refractivity contribution in [3.05, 3.63) is 77.6 Å². The standard InChI is InChI=1S/C18H16N4O3/c1-13-17(20-22(19-13)15-10-6-3-7-11-15)18(24)25-21-16(23)12-14-8-4-2-5-9-14/h2-11H,12H2,1H3,(H,21,23). The third-order valence-electron chi connectivity index (χ3n) is 3.43. The third kappa shape index (κ3) is 4.08. The number of hydrogen-bond acceptors (Lipinski definition) is 5. The number of aromatic nitrogens is 3. The van der Waals surface area contributed by atoms with Crippen LogP contribution in [-0.4, -0.2) is 26.9 Å². The molecule has 0 atom stereocenters. The fraction of sp³-hybridized carbons (Fsp3) is 0.111. The average molecular weight is 336 g/mol. The molecule has 2 aromatic carbocycles. The molecule has 7 heteroatoms. The molecule has 126 valence electrons. The van der Waals surface area contributed by atoms with Crippen molar-refractivity contribution in [3.8, 4) is 5.69 Å². The van der Waals surface area contributed by atoms with Gasteiger partial charge in [0.1, 0.15) is 0 Å². The van der Waals surface area contributed by atoms with Crippen LogP contribution in [0.1, 0.15) is 21.7 Å². The Hall–Kier alpha value is -3.48. The predicted molar refractivity (Wildman–Crippen MR) is 89.8 cm³/mol. The van der Waals surface area contributed by atoms with E-state index in [0.717, 1.165) is 11.3 Å². The van der Waals surface area contributed by atoms with Gasteiger partial charge in [-0.3, -0.25) is 4.79 Å². The van der Waals surface area contributed by atoms with Crippen LogP contribution in [0, 0.1) is 6.92 Å². The maximum atomic E-state index is 12.1. The van der Waals surface area contributed by atoms with Crippen LogP contribution in [0.25, 0.3) is 5.69 Å². The van der Waals surface area contributed by atoms with E-state index in [1.54, 1.807) is 6.92 Å². The van der Waals surface area contributed by atoms with Crippen molar-refractivity contribution in [2.75, 3.05) is 0 Å². The Morgan fingerprint density at radius 1 is 1.00 bits per heavy atom. The van der Waals surface area contributed by atoms with Crippen LogP contribution in [0.3, 0.4) is 0 Å². The van der Waals surface area contributed by atoms with Gasteiger partial charge in [-0.05, 0) is 24.6 Å². The van der Waals surface area contributed by atoms with Crippen LogP contribution >= 0.6 is 0 Å². The molecule has 1 aromatic heterocycles. The molecule has 1 heterocycles. The molecule has 0 saturated heterocycles. The molecule has 0 fully saturated rings. The fourth-order valence-corrected chi connectivity index (χ4v) is 2.21. The number of carbonyl (C=O) groups is 2. The van der Waals surface area contributed by atoms with E-state index in [1.165, 1.54) is 4.80 Å². The van der Waals surface area contributed by atoms with Crippen LogP contribution in [-0.2, 0) is 16.1 Å². The van der Waals surface area contributed by atoms with E-state index in [4.69, 9.17) is 4.84 Å². The molecular formula is C18H16N4O3. The van der Waals surface area contributed by atoms with E-state index < -0.39 is 11.9 Å². The van der Waals surface area contributed by atoms with Gasteiger partial charge in [0.25, 0.3) is 5.91 Å². The zero-order valence-corrected chi connectivity index (χ0v) is 13.5. The van der Waals surface area contributed by atoms with Gasteiger partial charge in [-0.1, -0.05) is 48.5 Å². The number of para-hydroxylation sites is 1. The summed E-state index contributed by atoms with van der Waals surface area (Å²) in [5, 5.41) is 8.31. The maximum Gasteiger partial charge on any atom is 0.385 e. The van der Waals surface area contributed by atoms with E-state index in [1.807, 2.05) is 60.7 Å². The SMILES string of the molecule is Cc1nn(-c2ccccc2)nc1C(=O)ONC(=O)Cc1ccccc1. The van der Waals surface area contributed by atoms with E-state index in [0.29, 0.717) is 5.69 Å². The Kier molecular flexibility index (Phi) is 4.84. The van der Waals surface area contributed by atoms with Gasteiger partial charge in [-0.25, -0.2) is 4.79 Å². The van der Waals surface area contributed by atoms with Gasteiger partial charge in [-0.15, -0.1) is 5.10 Å². The lowest BCUT2D eigenvalue weighted by Gasteiger charge is -2.04. The van der Waals surface area contributed by atoms with E-state index in [9.17, 15) is 9.59 Å². The first-order chi connectivity index (χ1) is 12.1. The molecule has 0 aliphatic carbocycles. The second-order valence-corrected chi connectivity index (χ2v) is 5.34. The van der Waals surface area contributed by atoms with E-state index >= 15 is 0 Å². The first kappa shape index (κ1) is 16.4. The summed E-state index contributed by atoms with van der Waals surface area (Å²) in [6, 6.07) is 18.4. The number of hydrogen-bond donors (Lipinski definition) is 1. The predicted octanol–water partition coefficient (Wildman–Crippen LogP) is 2.01. The van der Waals surface area contributed by atoms with Crippen molar-refractivity contribution >= 4 is 11.9 Å². The highest BCUT2D eigenvalue weighted by Gasteiger charge is 2.19. The van der Waals surface area contributed by atoms with Gasteiger partial charge in [0.2, 0.25) is 0 Å². The first-order valence-electron chi connectivity index (χ1n) is 7.67. The fourth-order valence-electron chi connectivity index (χ4n) is 2.21. The quantitative estimate of drug-likeness (QED) is 0.737. The molecule has 1 N–H and O–H groups in total. The summed E-state index contributed by atoms with van der Waals surface area (Å²) in [6.45, 7) is 1.65. The topological polar surface area (TPSA) is 86.1 Å². The molecule has 7 nitrogen and oxygen atoms in total. The summed E-state index contributed by atoms with van der Waals surface area (Å²) < 4.78 is 0. The second-order valence-electron chi connectivity index (χ2n) is 5.34. The minimum Gasteiger partial charge on any atom is -0.333 e. The lowest BCUT2D eigenvalue weighted by molar-refractivity contribution is -0.129. The van der Waals surface area contributed by atoms with Gasteiger partial charge in [0.05, 0.1) is 17.8 Å². The van der Waals surface area contributed by atoms with Crippen molar-refractivity contribution in [1.82, 2.24) is 20.5 Å². The van der Waals surface area contributed by atoms with Crippen LogP contribution in [0.4, 0.5) is 0 Å². The summed E-state index contributed by atoms with van der Waals surface area (Å²) in [5.74, 6) is -1.19. The highest BCUT2D eigenvalue weighted by molar-refractivity contribution is 5.89. The molecule has 0 aliphatic heterocycles. The molecule has 3 aromatic rings. The Balaban J connectivity index is 1.62. The van der Waals surface area contributed by atoms with Crippen LogP contribution in [0.2, 0.25) is 0 Å². The highest BCUT2D eigenvalue weighted by atomic mass is 16.7. The summed E-state index contributed by atoms with van der Waals surface area (Å²) in [5.41, 5.74) is 4.14. The minimum atomic E-state index is -0.763. The molecule has 0 spiro atoms. The molecule has 25 heavy (non-hydrogen) atoms. The average Bonchev–Trinajstić information content (AvgIpc) is 3.03. The Bertz CT molecular complexity index is 876. The molecular weight excluding hydrogens is 320 g/mol. The number of benzene rings is 2. The van der Waals surface area contributed by atoms with Gasteiger partial charge < -0.3 is 4.84 Å². The van der Waals surface area contributed by atoms with E-state index in [-0.39, 0.29) is 12.1 Å². The summed E-state index contributed by atoms with van der Waals surface area (Å²) >= 11 is 0. The van der Waals surface area contributed by atoms with Crippen molar-refractivity contribution in [1.29, 1.82) is 0 Å². The molecule has 0 saturated carbocycles. The van der Waals surface area contributed by atoms with Crippen LogP contribution in [0.5, 0.6) is 0 Å². The Morgan fingerprint density at radius 2 is 1.64 bits per heavy atom. The van der Waals surface area contributed by atoms with Crippen molar-refractivity contribution < 1.29 is 14.4 Å². The molecule has 0 bridgehead atoms. The second kappa shape index (κ2) is 7.39. The van der Waals surface area contributed by atoms with Gasteiger partial charge in [0, 0.05) is 0 Å². The van der Waals surface area contributed by atoms with Crippen LogP contribution < -0.4 is 5.48 Å². The molecule has 0 unspecified atom stereocenters. The summed E-state index contributed by atoms with van der Waals surface area (Å²) in [4.78, 5) is 30.1. The third-order valence-corrected chi connectivity index (χ3v) is 3.43. The van der Waals surface area contributed by atoms with Crippen molar-refractivity contribution in [3.63, 3.8) is 0 Å². The first-order valence-corrected chi connectivity index (χ1v) is 7.67. The van der Waals surface area contributed by atoms with Crippen LogP contribution in [0.15, 0.2) is 60.7 Å². The molecule has 1 amide bonds. The van der Waals surface area contributed by atoms with Gasteiger partial charge in [0.15, 0.2) is 5.69 Å². The number of nitrogens with zero attached hydrogens (tertiary/aromatic N) is 3. The normalized spacial score (nSPS) is 10.3. The number of hydroxylamine groups is 1. The summed E-state index contributed by atoms with van der Waals surface area (Å²) in [6.07, 6.45) is 0.115. The Labute approximate surface area is 144 Å². The zero-order valence-electron chi connectivity index (χ0n) is 13.5. The van der Waals surface area contributed by atoms with Gasteiger partial charge in [-0.2, -0.15) is 15.4 Å². The van der Waals surface area contributed by atoms with Crippen molar-refractivity contribution in [2.45, 2.75) is 13.3 Å². The monoisotopic (exact) mass is 336 g/mol. The summed E-state index contributed by atoms with van der Waals surface area (Å²) in [7, 11) is 0. The molecule has 0 aliphatic rings.